The normalized spacial score (nSPS) is 14.6. The Hall–Kier alpha value is -3.29. The standard InChI is InChI=1S/C20H18F2N6/c1-11-24-8-18(27(11)2)14-6-15-17(7-16(14)22)25-26-20(15)12-3-4-23-19(5-12)28-9-13(21)10-28/h3-8,13H,9-10H2,1-2H3,(H,25,26). The van der Waals surface area contributed by atoms with Crippen molar-refractivity contribution in [2.24, 2.45) is 7.05 Å². The summed E-state index contributed by atoms with van der Waals surface area (Å²) in [6.45, 7) is 2.58. The molecule has 0 saturated carbocycles. The van der Waals surface area contributed by atoms with Crippen LogP contribution < -0.4 is 4.90 Å². The van der Waals surface area contributed by atoms with Gasteiger partial charge >= 0.3 is 0 Å². The first-order chi connectivity index (χ1) is 13.5. The molecule has 6 nitrogen and oxygen atoms in total. The third-order valence-corrected chi connectivity index (χ3v) is 5.33. The van der Waals surface area contributed by atoms with E-state index in [1.807, 2.05) is 35.6 Å². The molecule has 4 heterocycles. The van der Waals surface area contributed by atoms with Gasteiger partial charge in [-0.2, -0.15) is 5.10 Å². The number of pyridine rings is 1. The van der Waals surface area contributed by atoms with Gasteiger partial charge in [0.05, 0.1) is 30.5 Å². The monoisotopic (exact) mass is 380 g/mol. The van der Waals surface area contributed by atoms with E-state index in [9.17, 15) is 8.78 Å². The van der Waals surface area contributed by atoms with Crippen molar-refractivity contribution in [3.63, 3.8) is 0 Å². The number of aryl methyl sites for hydroxylation is 1. The van der Waals surface area contributed by atoms with E-state index < -0.39 is 6.17 Å². The van der Waals surface area contributed by atoms with Gasteiger partial charge in [0.1, 0.15) is 29.3 Å². The molecule has 1 aliphatic heterocycles. The largest absolute Gasteiger partial charge is 0.351 e. The summed E-state index contributed by atoms with van der Waals surface area (Å²) < 4.78 is 29.8. The average Bonchev–Trinajstić information content (AvgIpc) is 3.22. The smallest absolute Gasteiger partial charge is 0.135 e. The van der Waals surface area contributed by atoms with E-state index in [-0.39, 0.29) is 5.82 Å². The highest BCUT2D eigenvalue weighted by Gasteiger charge is 2.27. The molecule has 0 aliphatic carbocycles. The van der Waals surface area contributed by atoms with Crippen LogP contribution >= 0.6 is 0 Å². The van der Waals surface area contributed by atoms with Crippen molar-refractivity contribution in [3.05, 3.63) is 48.3 Å². The summed E-state index contributed by atoms with van der Waals surface area (Å²) in [5.74, 6) is 1.18. The lowest BCUT2D eigenvalue weighted by atomic mass is 10.0. The Kier molecular flexibility index (Phi) is 3.68. The first-order valence-corrected chi connectivity index (χ1v) is 9.03. The van der Waals surface area contributed by atoms with Gasteiger partial charge in [-0.1, -0.05) is 0 Å². The Balaban J connectivity index is 1.62. The lowest BCUT2D eigenvalue weighted by Crippen LogP contribution is -2.48. The lowest BCUT2D eigenvalue weighted by Gasteiger charge is -2.35. The van der Waals surface area contributed by atoms with Gasteiger partial charge in [-0.15, -0.1) is 0 Å². The second-order valence-electron chi connectivity index (χ2n) is 7.10. The van der Waals surface area contributed by atoms with Gasteiger partial charge in [-0.05, 0) is 25.1 Å². The summed E-state index contributed by atoms with van der Waals surface area (Å²) in [4.78, 5) is 10.5. The average molecular weight is 380 g/mol. The van der Waals surface area contributed by atoms with Crippen molar-refractivity contribution in [3.8, 4) is 22.5 Å². The van der Waals surface area contributed by atoms with Crippen LogP contribution in [0.1, 0.15) is 5.82 Å². The van der Waals surface area contributed by atoms with Crippen LogP contribution in [0.15, 0.2) is 36.7 Å². The Bertz CT molecular complexity index is 1190. The van der Waals surface area contributed by atoms with Crippen molar-refractivity contribution in [2.45, 2.75) is 13.1 Å². The molecule has 1 aliphatic rings. The molecule has 142 valence electrons. The molecule has 1 fully saturated rings. The Morgan fingerprint density at radius 3 is 2.71 bits per heavy atom. The Morgan fingerprint density at radius 2 is 2.00 bits per heavy atom. The van der Waals surface area contributed by atoms with E-state index in [0.29, 0.717) is 41.4 Å². The molecule has 3 aromatic heterocycles. The van der Waals surface area contributed by atoms with Crippen molar-refractivity contribution >= 4 is 16.7 Å². The van der Waals surface area contributed by atoms with E-state index in [4.69, 9.17) is 0 Å². The topological polar surface area (TPSA) is 62.6 Å². The number of halogens is 2. The molecule has 0 atom stereocenters. The number of imidazole rings is 1. The van der Waals surface area contributed by atoms with Gasteiger partial charge < -0.3 is 9.47 Å². The molecule has 8 heteroatoms. The first-order valence-electron chi connectivity index (χ1n) is 9.03. The molecule has 28 heavy (non-hydrogen) atoms. The minimum atomic E-state index is -0.801. The maximum absolute atomic E-state index is 14.7. The number of aromatic amines is 1. The van der Waals surface area contributed by atoms with E-state index in [1.165, 1.54) is 6.07 Å². The molecule has 0 bridgehead atoms. The van der Waals surface area contributed by atoms with Gasteiger partial charge in [0.15, 0.2) is 0 Å². The summed E-state index contributed by atoms with van der Waals surface area (Å²) in [7, 11) is 1.86. The lowest BCUT2D eigenvalue weighted by molar-refractivity contribution is 0.273. The van der Waals surface area contributed by atoms with Gasteiger partial charge in [0.25, 0.3) is 0 Å². The van der Waals surface area contributed by atoms with Gasteiger partial charge in [0, 0.05) is 35.8 Å². The predicted octanol–water partition coefficient (Wildman–Crippen LogP) is 3.63. The fourth-order valence-electron chi connectivity index (χ4n) is 3.56. The highest BCUT2D eigenvalue weighted by Crippen LogP contribution is 2.34. The second kappa shape index (κ2) is 6.12. The maximum Gasteiger partial charge on any atom is 0.135 e. The van der Waals surface area contributed by atoms with Crippen LogP contribution in [0.25, 0.3) is 33.4 Å². The van der Waals surface area contributed by atoms with Crippen LogP contribution in [0, 0.1) is 12.7 Å². The van der Waals surface area contributed by atoms with Crippen LogP contribution in [0.4, 0.5) is 14.6 Å². The number of hydrogen-bond acceptors (Lipinski definition) is 4. The minimum Gasteiger partial charge on any atom is -0.351 e. The highest BCUT2D eigenvalue weighted by atomic mass is 19.1. The number of nitrogens with zero attached hydrogens (tertiary/aromatic N) is 5. The van der Waals surface area contributed by atoms with Crippen LogP contribution in [-0.2, 0) is 7.05 Å². The fourth-order valence-corrected chi connectivity index (χ4v) is 3.56. The Labute approximate surface area is 159 Å². The van der Waals surface area contributed by atoms with Crippen molar-refractivity contribution in [1.29, 1.82) is 0 Å². The molecule has 4 aromatic rings. The highest BCUT2D eigenvalue weighted by molar-refractivity contribution is 5.96. The molecule has 1 saturated heterocycles. The quantitative estimate of drug-likeness (QED) is 0.590. The second-order valence-corrected chi connectivity index (χ2v) is 7.10. The summed E-state index contributed by atoms with van der Waals surface area (Å²) in [5.41, 5.74) is 3.33. The molecule has 0 spiro atoms. The number of aromatic nitrogens is 5. The molecule has 1 N–H and O–H groups in total. The molecule has 0 radical (unpaired) electrons. The van der Waals surface area contributed by atoms with Crippen molar-refractivity contribution < 1.29 is 8.78 Å². The molecular weight excluding hydrogens is 362 g/mol. The van der Waals surface area contributed by atoms with E-state index in [2.05, 4.69) is 20.2 Å². The van der Waals surface area contributed by atoms with E-state index >= 15 is 0 Å². The zero-order chi connectivity index (χ0) is 19.4. The SMILES string of the molecule is Cc1ncc(-c2cc3c(-c4ccnc(N5CC(F)C5)c4)n[nH]c3cc2F)n1C. The fraction of sp³-hybridized carbons (Fsp3) is 0.250. The number of anilines is 1. The molecule has 0 unspecified atom stereocenters. The third kappa shape index (κ3) is 2.56. The van der Waals surface area contributed by atoms with Crippen LogP contribution in [0.3, 0.4) is 0 Å². The van der Waals surface area contributed by atoms with E-state index in [1.54, 1.807) is 18.5 Å². The summed E-state index contributed by atoms with van der Waals surface area (Å²) in [6.07, 6.45) is 2.55. The molecular formula is C20H18F2N6. The van der Waals surface area contributed by atoms with Crippen LogP contribution in [-0.4, -0.2) is 44.0 Å². The number of fused-ring (bicyclic) bond motifs is 1. The maximum atomic E-state index is 14.7. The summed E-state index contributed by atoms with van der Waals surface area (Å²) in [5, 5.41) is 8.10. The van der Waals surface area contributed by atoms with Gasteiger partial charge in [-0.25, -0.2) is 18.7 Å². The number of hydrogen-bond donors (Lipinski definition) is 1. The zero-order valence-electron chi connectivity index (χ0n) is 15.4. The number of alkyl halides is 1. The molecule has 5 rings (SSSR count). The first kappa shape index (κ1) is 16.9. The van der Waals surface area contributed by atoms with Gasteiger partial charge in [-0.3, -0.25) is 5.10 Å². The summed E-state index contributed by atoms with van der Waals surface area (Å²) >= 11 is 0. The van der Waals surface area contributed by atoms with Gasteiger partial charge in [0.2, 0.25) is 0 Å². The number of H-pyrrole nitrogens is 1. The van der Waals surface area contributed by atoms with Crippen molar-refractivity contribution in [2.75, 3.05) is 18.0 Å². The number of rotatable bonds is 3. The van der Waals surface area contributed by atoms with E-state index in [0.717, 1.165) is 16.8 Å². The van der Waals surface area contributed by atoms with Crippen LogP contribution in [0.5, 0.6) is 0 Å². The predicted molar refractivity (Wildman–Crippen MR) is 103 cm³/mol. The number of nitrogens with one attached hydrogen (secondary N) is 1. The minimum absolute atomic E-state index is 0.337. The summed E-state index contributed by atoms with van der Waals surface area (Å²) in [6, 6.07) is 6.98. The third-order valence-electron chi connectivity index (χ3n) is 5.33. The molecule has 1 aromatic carbocycles. The zero-order valence-corrected chi connectivity index (χ0v) is 15.4. The van der Waals surface area contributed by atoms with Crippen LogP contribution in [0.2, 0.25) is 0 Å². The van der Waals surface area contributed by atoms with Crippen molar-refractivity contribution in [1.82, 2.24) is 24.7 Å². The number of benzene rings is 1. The molecule has 0 amide bonds. The Morgan fingerprint density at radius 1 is 1.18 bits per heavy atom.